The maximum Gasteiger partial charge on any atom is 0.123 e. The van der Waals surface area contributed by atoms with Crippen LogP contribution in [0.1, 0.15) is 30.0 Å². The predicted octanol–water partition coefficient (Wildman–Crippen LogP) is 3.93. The van der Waals surface area contributed by atoms with Crippen molar-refractivity contribution in [3.63, 3.8) is 0 Å². The number of ether oxygens (including phenoxy) is 1. The standard InChI is InChI=1S/C19H23ClN2O/c1-23-18-11-5-2-7-14(18)13-22-17-10-6-12-21-19(17)15-8-3-4-9-16(15)20/h2-5,7-9,11,17,19,21-22H,6,10,12-13H2,1H3/t17-,19-/m1/s1. The van der Waals surface area contributed by atoms with Gasteiger partial charge in [-0.05, 0) is 37.1 Å². The lowest BCUT2D eigenvalue weighted by Crippen LogP contribution is -2.45. The molecule has 0 bridgehead atoms. The molecule has 1 heterocycles. The van der Waals surface area contributed by atoms with E-state index in [4.69, 9.17) is 16.3 Å². The van der Waals surface area contributed by atoms with Gasteiger partial charge >= 0.3 is 0 Å². The average Bonchev–Trinajstić information content (AvgIpc) is 2.61. The number of hydrogen-bond donors (Lipinski definition) is 2. The van der Waals surface area contributed by atoms with Crippen LogP contribution < -0.4 is 15.4 Å². The zero-order valence-corrected chi connectivity index (χ0v) is 14.1. The molecule has 0 amide bonds. The Morgan fingerprint density at radius 3 is 2.78 bits per heavy atom. The van der Waals surface area contributed by atoms with Crippen LogP contribution in [0.2, 0.25) is 5.02 Å². The van der Waals surface area contributed by atoms with Crippen LogP contribution in [0.25, 0.3) is 0 Å². The summed E-state index contributed by atoms with van der Waals surface area (Å²) in [6.45, 7) is 1.82. The van der Waals surface area contributed by atoms with Crippen molar-refractivity contribution in [2.75, 3.05) is 13.7 Å². The van der Waals surface area contributed by atoms with Crippen molar-refractivity contribution < 1.29 is 4.74 Å². The van der Waals surface area contributed by atoms with Gasteiger partial charge in [-0.1, -0.05) is 48.0 Å². The van der Waals surface area contributed by atoms with E-state index in [0.717, 1.165) is 30.3 Å². The summed E-state index contributed by atoms with van der Waals surface area (Å²) in [6, 6.07) is 16.9. The first-order valence-corrected chi connectivity index (χ1v) is 8.50. The number of para-hydroxylation sites is 1. The first-order valence-electron chi connectivity index (χ1n) is 8.12. The number of benzene rings is 2. The van der Waals surface area contributed by atoms with Crippen molar-refractivity contribution in [1.29, 1.82) is 0 Å². The molecule has 2 aromatic carbocycles. The maximum atomic E-state index is 6.40. The molecule has 3 nitrogen and oxygen atoms in total. The van der Waals surface area contributed by atoms with Crippen LogP contribution in [-0.2, 0) is 6.54 Å². The van der Waals surface area contributed by atoms with Gasteiger partial charge in [0.2, 0.25) is 0 Å². The van der Waals surface area contributed by atoms with Crippen LogP contribution in [-0.4, -0.2) is 19.7 Å². The van der Waals surface area contributed by atoms with Crippen LogP contribution >= 0.6 is 11.6 Å². The van der Waals surface area contributed by atoms with E-state index in [1.54, 1.807) is 7.11 Å². The molecule has 0 saturated carbocycles. The van der Waals surface area contributed by atoms with E-state index < -0.39 is 0 Å². The van der Waals surface area contributed by atoms with Gasteiger partial charge < -0.3 is 15.4 Å². The predicted molar refractivity (Wildman–Crippen MR) is 95.1 cm³/mol. The highest BCUT2D eigenvalue weighted by atomic mass is 35.5. The Balaban J connectivity index is 1.73. The largest absolute Gasteiger partial charge is 0.496 e. The van der Waals surface area contributed by atoms with Crippen molar-refractivity contribution in [3.05, 3.63) is 64.7 Å². The Morgan fingerprint density at radius 1 is 1.17 bits per heavy atom. The van der Waals surface area contributed by atoms with Crippen LogP contribution in [0.15, 0.2) is 48.5 Å². The monoisotopic (exact) mass is 330 g/mol. The molecule has 2 atom stereocenters. The number of nitrogens with one attached hydrogen (secondary N) is 2. The molecule has 2 N–H and O–H groups in total. The average molecular weight is 331 g/mol. The van der Waals surface area contributed by atoms with Crippen molar-refractivity contribution in [3.8, 4) is 5.75 Å². The molecule has 1 fully saturated rings. The van der Waals surface area contributed by atoms with Gasteiger partial charge in [-0.25, -0.2) is 0 Å². The topological polar surface area (TPSA) is 33.3 Å². The van der Waals surface area contributed by atoms with Gasteiger partial charge in [0.05, 0.1) is 7.11 Å². The first-order chi connectivity index (χ1) is 11.3. The Bertz CT molecular complexity index is 647. The molecule has 0 aliphatic carbocycles. The van der Waals surface area contributed by atoms with E-state index in [1.165, 1.54) is 17.5 Å². The van der Waals surface area contributed by atoms with Crippen LogP contribution in [0.5, 0.6) is 5.75 Å². The summed E-state index contributed by atoms with van der Waals surface area (Å²) in [5, 5.41) is 8.13. The van der Waals surface area contributed by atoms with Crippen LogP contribution in [0.3, 0.4) is 0 Å². The number of rotatable bonds is 5. The molecule has 3 rings (SSSR count). The molecule has 0 aromatic heterocycles. The summed E-state index contributed by atoms with van der Waals surface area (Å²) in [5.74, 6) is 0.929. The lowest BCUT2D eigenvalue weighted by molar-refractivity contribution is 0.303. The molecule has 0 radical (unpaired) electrons. The minimum absolute atomic E-state index is 0.243. The number of halogens is 1. The molecule has 23 heavy (non-hydrogen) atoms. The first kappa shape index (κ1) is 16.3. The Kier molecular flexibility index (Phi) is 5.55. The van der Waals surface area contributed by atoms with Gasteiger partial charge in [-0.3, -0.25) is 0 Å². The van der Waals surface area contributed by atoms with Gasteiger partial charge in [0, 0.05) is 29.2 Å². The second-order valence-electron chi connectivity index (χ2n) is 5.89. The molecule has 2 aromatic rings. The lowest BCUT2D eigenvalue weighted by atomic mass is 9.92. The SMILES string of the molecule is COc1ccccc1CN[C@@H]1CCCN[C@@H]1c1ccccc1Cl. The normalized spacial score (nSPS) is 21.1. The molecule has 122 valence electrons. The van der Waals surface area contributed by atoms with Crippen molar-refractivity contribution in [2.45, 2.75) is 31.5 Å². The fourth-order valence-electron chi connectivity index (χ4n) is 3.25. The zero-order valence-electron chi connectivity index (χ0n) is 13.4. The van der Waals surface area contributed by atoms with E-state index in [1.807, 2.05) is 30.3 Å². The van der Waals surface area contributed by atoms with Gasteiger partial charge in [0.15, 0.2) is 0 Å². The maximum absolute atomic E-state index is 6.40. The smallest absolute Gasteiger partial charge is 0.123 e. The summed E-state index contributed by atoms with van der Waals surface area (Å²) >= 11 is 6.40. The third-order valence-electron chi connectivity index (χ3n) is 4.45. The van der Waals surface area contributed by atoms with E-state index >= 15 is 0 Å². The minimum Gasteiger partial charge on any atom is -0.496 e. The second kappa shape index (κ2) is 7.82. The highest BCUT2D eigenvalue weighted by molar-refractivity contribution is 6.31. The van der Waals surface area contributed by atoms with Crippen LogP contribution in [0.4, 0.5) is 0 Å². The highest BCUT2D eigenvalue weighted by Gasteiger charge is 2.27. The van der Waals surface area contributed by atoms with Gasteiger partial charge in [0.1, 0.15) is 5.75 Å². The second-order valence-corrected chi connectivity index (χ2v) is 6.30. The molecule has 1 aliphatic heterocycles. The molecule has 0 unspecified atom stereocenters. The Morgan fingerprint density at radius 2 is 1.96 bits per heavy atom. The summed E-state index contributed by atoms with van der Waals surface area (Å²) in [5.41, 5.74) is 2.35. The zero-order chi connectivity index (χ0) is 16.1. The summed E-state index contributed by atoms with van der Waals surface area (Å²) in [4.78, 5) is 0. The van der Waals surface area contributed by atoms with Crippen molar-refractivity contribution in [1.82, 2.24) is 10.6 Å². The number of methoxy groups -OCH3 is 1. The fraction of sp³-hybridized carbons (Fsp3) is 0.368. The Labute approximate surface area is 143 Å². The molecular weight excluding hydrogens is 308 g/mol. The number of piperidine rings is 1. The molecule has 4 heteroatoms. The van der Waals surface area contributed by atoms with Gasteiger partial charge in [0.25, 0.3) is 0 Å². The molecule has 1 aliphatic rings. The highest BCUT2D eigenvalue weighted by Crippen LogP contribution is 2.29. The molecular formula is C19H23ClN2O. The minimum atomic E-state index is 0.243. The molecule has 0 spiro atoms. The van der Waals surface area contributed by atoms with Gasteiger partial charge in [-0.15, -0.1) is 0 Å². The third kappa shape index (κ3) is 3.86. The van der Waals surface area contributed by atoms with Crippen molar-refractivity contribution >= 4 is 11.6 Å². The van der Waals surface area contributed by atoms with E-state index in [0.29, 0.717) is 6.04 Å². The van der Waals surface area contributed by atoms with Crippen LogP contribution in [0, 0.1) is 0 Å². The van der Waals surface area contributed by atoms with Crippen molar-refractivity contribution in [2.24, 2.45) is 0 Å². The van der Waals surface area contributed by atoms with Gasteiger partial charge in [-0.2, -0.15) is 0 Å². The summed E-state index contributed by atoms with van der Waals surface area (Å²) in [7, 11) is 1.72. The Hall–Kier alpha value is -1.55. The number of hydrogen-bond acceptors (Lipinski definition) is 3. The summed E-state index contributed by atoms with van der Waals surface area (Å²) < 4.78 is 5.44. The van der Waals surface area contributed by atoms with E-state index in [2.05, 4.69) is 28.8 Å². The summed E-state index contributed by atoms with van der Waals surface area (Å²) in [6.07, 6.45) is 2.31. The van der Waals surface area contributed by atoms with E-state index in [9.17, 15) is 0 Å². The lowest BCUT2D eigenvalue weighted by Gasteiger charge is -2.34. The third-order valence-corrected chi connectivity index (χ3v) is 4.79. The van der Waals surface area contributed by atoms with E-state index in [-0.39, 0.29) is 6.04 Å². The fourth-order valence-corrected chi connectivity index (χ4v) is 3.51. The molecule has 1 saturated heterocycles. The quantitative estimate of drug-likeness (QED) is 0.871.